The summed E-state index contributed by atoms with van der Waals surface area (Å²) in [6.07, 6.45) is 0.879. The van der Waals surface area contributed by atoms with Gasteiger partial charge in [-0.2, -0.15) is 0 Å². The van der Waals surface area contributed by atoms with Crippen molar-refractivity contribution in [2.75, 3.05) is 20.8 Å². The summed E-state index contributed by atoms with van der Waals surface area (Å²) in [5.74, 6) is -0.282. The van der Waals surface area contributed by atoms with E-state index in [9.17, 15) is 9.90 Å². The molecule has 0 aromatic carbocycles. The second-order valence-corrected chi connectivity index (χ2v) is 11.4. The number of rotatable bonds is 7. The summed E-state index contributed by atoms with van der Waals surface area (Å²) < 4.78 is 16.1. The number of carbonyl (C=O) groups is 1. The Hall–Kier alpha value is -0.853. The Morgan fingerprint density at radius 1 is 1.24 bits per heavy atom. The van der Waals surface area contributed by atoms with Crippen molar-refractivity contribution in [3.8, 4) is 0 Å². The van der Waals surface area contributed by atoms with Crippen LogP contribution in [0.25, 0.3) is 0 Å². The molecule has 0 unspecified atom stereocenters. The highest BCUT2D eigenvalue weighted by Crippen LogP contribution is 2.38. The van der Waals surface area contributed by atoms with E-state index in [0.717, 1.165) is 0 Å². The van der Waals surface area contributed by atoms with E-state index in [4.69, 9.17) is 9.16 Å². The van der Waals surface area contributed by atoms with Gasteiger partial charge in [0.05, 0.1) is 33.0 Å². The van der Waals surface area contributed by atoms with Crippen molar-refractivity contribution < 1.29 is 23.8 Å². The number of hydrogen-bond acceptors (Lipinski definition) is 5. The van der Waals surface area contributed by atoms with Crippen LogP contribution in [0.15, 0.2) is 11.8 Å². The predicted octanol–water partition coefficient (Wildman–Crippen LogP) is 2.71. The number of ether oxygens (including phenoxy) is 2. The highest BCUT2D eigenvalue weighted by molar-refractivity contribution is 6.74. The molecule has 0 saturated heterocycles. The van der Waals surface area contributed by atoms with E-state index in [0.29, 0.717) is 5.76 Å². The first kappa shape index (κ1) is 20.1. The lowest BCUT2D eigenvalue weighted by atomic mass is 10.0. The zero-order chi connectivity index (χ0) is 16.8. The van der Waals surface area contributed by atoms with Crippen molar-refractivity contribution >= 4 is 14.3 Å². The normalized spacial score (nSPS) is 16.3. The third kappa shape index (κ3) is 5.80. The van der Waals surface area contributed by atoms with Crippen LogP contribution >= 0.6 is 0 Å². The molecule has 0 spiro atoms. The molecule has 0 radical (unpaired) electrons. The van der Waals surface area contributed by atoms with Gasteiger partial charge in [0.1, 0.15) is 5.76 Å². The summed E-state index contributed by atoms with van der Waals surface area (Å²) in [6.45, 7) is 12.4. The fourth-order valence-corrected chi connectivity index (χ4v) is 2.98. The molecule has 1 N–H and O–H groups in total. The van der Waals surface area contributed by atoms with Gasteiger partial charge in [-0.3, -0.25) is 0 Å². The van der Waals surface area contributed by atoms with Gasteiger partial charge >= 0.3 is 5.97 Å². The maximum Gasteiger partial charge on any atom is 0.333 e. The van der Waals surface area contributed by atoms with Gasteiger partial charge in [-0.15, -0.1) is 0 Å². The summed E-state index contributed by atoms with van der Waals surface area (Å²) in [4.78, 5) is 11.4. The van der Waals surface area contributed by atoms with Crippen LogP contribution in [0.3, 0.4) is 0 Å². The lowest BCUT2D eigenvalue weighted by Crippen LogP contribution is -2.47. The van der Waals surface area contributed by atoms with E-state index in [2.05, 4.69) is 38.6 Å². The SMILES string of the molecule is COC(=O)/C=C(/OC)[C@H](C)[C@H](CO)O[Si](C)(C)C(C)(C)C. The van der Waals surface area contributed by atoms with Gasteiger partial charge in [0.25, 0.3) is 0 Å². The lowest BCUT2D eigenvalue weighted by Gasteiger charge is -2.40. The van der Waals surface area contributed by atoms with Crippen molar-refractivity contribution in [2.24, 2.45) is 5.92 Å². The molecule has 0 aliphatic carbocycles. The van der Waals surface area contributed by atoms with Crippen molar-refractivity contribution in [1.29, 1.82) is 0 Å². The Morgan fingerprint density at radius 3 is 2.10 bits per heavy atom. The molecular weight excluding hydrogens is 288 g/mol. The molecule has 0 rings (SSSR count). The quantitative estimate of drug-likeness (QED) is 0.338. The molecule has 0 bridgehead atoms. The standard InChI is InChI=1S/C15H30O5Si/c1-11(12(18-5)9-14(17)19-6)13(10-16)20-21(7,8)15(2,3)4/h9,11,13,16H,10H2,1-8H3/b12-9+/t11-,13-/m0/s1. The summed E-state index contributed by atoms with van der Waals surface area (Å²) in [7, 11) is 0.786. The van der Waals surface area contributed by atoms with E-state index >= 15 is 0 Å². The van der Waals surface area contributed by atoms with E-state index < -0.39 is 20.4 Å². The molecule has 0 heterocycles. The molecule has 6 heteroatoms. The number of hydrogen-bond donors (Lipinski definition) is 1. The molecule has 21 heavy (non-hydrogen) atoms. The fourth-order valence-electron chi connectivity index (χ4n) is 1.59. The van der Waals surface area contributed by atoms with E-state index in [1.165, 1.54) is 20.3 Å². The second-order valence-electron chi connectivity index (χ2n) is 6.66. The third-order valence-corrected chi connectivity index (χ3v) is 8.64. The first-order chi connectivity index (χ1) is 9.50. The highest BCUT2D eigenvalue weighted by atomic mass is 28.4. The zero-order valence-electron chi connectivity index (χ0n) is 14.5. The Balaban J connectivity index is 5.19. The Bertz CT molecular complexity index is 371. The molecule has 0 aromatic heterocycles. The molecule has 0 amide bonds. The Labute approximate surface area is 129 Å². The average Bonchev–Trinajstić information content (AvgIpc) is 2.39. The highest BCUT2D eigenvalue weighted by Gasteiger charge is 2.40. The van der Waals surface area contributed by atoms with Gasteiger partial charge in [0, 0.05) is 5.92 Å². The van der Waals surface area contributed by atoms with Crippen LogP contribution in [0.4, 0.5) is 0 Å². The van der Waals surface area contributed by atoms with Gasteiger partial charge in [-0.05, 0) is 18.1 Å². The number of aliphatic hydroxyl groups excluding tert-OH is 1. The van der Waals surface area contributed by atoms with E-state index in [1.54, 1.807) is 0 Å². The minimum atomic E-state index is -2.02. The summed E-state index contributed by atoms with van der Waals surface area (Å²) in [5, 5.41) is 9.70. The maximum atomic E-state index is 11.4. The molecular formula is C15H30O5Si. The minimum Gasteiger partial charge on any atom is -0.500 e. The first-order valence-electron chi connectivity index (χ1n) is 7.12. The molecule has 2 atom stereocenters. The monoisotopic (exact) mass is 318 g/mol. The van der Waals surface area contributed by atoms with Gasteiger partial charge in [0.15, 0.2) is 8.32 Å². The maximum absolute atomic E-state index is 11.4. The second kappa shape index (κ2) is 7.96. The summed E-state index contributed by atoms with van der Waals surface area (Å²) >= 11 is 0. The van der Waals surface area contributed by atoms with Crippen LogP contribution < -0.4 is 0 Å². The van der Waals surface area contributed by atoms with E-state index in [-0.39, 0.29) is 17.6 Å². The van der Waals surface area contributed by atoms with E-state index in [1.807, 2.05) is 6.92 Å². The van der Waals surface area contributed by atoms with Crippen LogP contribution in [-0.4, -0.2) is 46.3 Å². The van der Waals surface area contributed by atoms with Crippen LogP contribution in [0.1, 0.15) is 27.7 Å². The molecule has 0 saturated carbocycles. The molecule has 0 aromatic rings. The fraction of sp³-hybridized carbons (Fsp3) is 0.800. The molecule has 0 aliphatic rings. The Morgan fingerprint density at radius 2 is 1.76 bits per heavy atom. The van der Waals surface area contributed by atoms with Crippen LogP contribution in [-0.2, 0) is 18.7 Å². The number of esters is 1. The van der Waals surface area contributed by atoms with Gasteiger partial charge in [-0.1, -0.05) is 27.7 Å². The van der Waals surface area contributed by atoms with Crippen LogP contribution in [0.2, 0.25) is 18.1 Å². The summed E-state index contributed by atoms with van der Waals surface area (Å²) in [5.41, 5.74) is 0. The molecule has 0 fully saturated rings. The third-order valence-electron chi connectivity index (χ3n) is 4.14. The number of carbonyl (C=O) groups excluding carboxylic acids is 1. The smallest absolute Gasteiger partial charge is 0.333 e. The first-order valence-corrected chi connectivity index (χ1v) is 10.0. The molecule has 5 nitrogen and oxygen atoms in total. The minimum absolute atomic E-state index is 0.0411. The van der Waals surface area contributed by atoms with Gasteiger partial charge < -0.3 is 19.0 Å². The average molecular weight is 318 g/mol. The molecule has 0 aliphatic heterocycles. The van der Waals surface area contributed by atoms with Crippen molar-refractivity contribution in [3.05, 3.63) is 11.8 Å². The van der Waals surface area contributed by atoms with Crippen LogP contribution in [0, 0.1) is 5.92 Å². The lowest BCUT2D eigenvalue weighted by molar-refractivity contribution is -0.135. The van der Waals surface area contributed by atoms with Crippen molar-refractivity contribution in [1.82, 2.24) is 0 Å². The van der Waals surface area contributed by atoms with Crippen LogP contribution in [0.5, 0.6) is 0 Å². The number of aliphatic hydroxyl groups is 1. The topological polar surface area (TPSA) is 65.0 Å². The van der Waals surface area contributed by atoms with Gasteiger partial charge in [-0.25, -0.2) is 4.79 Å². The number of methoxy groups -OCH3 is 2. The Kier molecular flexibility index (Phi) is 7.64. The summed E-state index contributed by atoms with van der Waals surface area (Å²) in [6, 6.07) is 0. The predicted molar refractivity (Wildman–Crippen MR) is 85.4 cm³/mol. The van der Waals surface area contributed by atoms with Crippen molar-refractivity contribution in [2.45, 2.75) is 51.9 Å². The largest absolute Gasteiger partial charge is 0.500 e. The van der Waals surface area contributed by atoms with Gasteiger partial charge in [0.2, 0.25) is 0 Å². The van der Waals surface area contributed by atoms with Crippen molar-refractivity contribution in [3.63, 3.8) is 0 Å². The molecule has 124 valence electrons. The zero-order valence-corrected chi connectivity index (χ0v) is 15.5.